The fourth-order valence-electron chi connectivity index (χ4n) is 6.48. The fraction of sp³-hybridized carbons (Fsp3) is 0.0889. The number of nitrogens with zero attached hydrogens (tertiary/aromatic N) is 4. The smallest absolute Gasteiger partial charge is 0.222 e. The molecule has 0 radical (unpaired) electrons. The molecule has 0 spiro atoms. The lowest BCUT2D eigenvalue weighted by atomic mass is 9.87. The summed E-state index contributed by atoms with van der Waals surface area (Å²) in [5.41, 5.74) is 12.8. The van der Waals surface area contributed by atoms with E-state index in [1.807, 2.05) is 36.5 Å². The molecule has 5 heteroatoms. The van der Waals surface area contributed by atoms with E-state index in [9.17, 15) is 5.11 Å². The molecule has 0 bridgehead atoms. The van der Waals surface area contributed by atoms with Gasteiger partial charge in [0.25, 0.3) is 0 Å². The molecule has 0 unspecified atom stereocenters. The predicted molar refractivity (Wildman–Crippen MR) is 204 cm³/mol. The maximum absolute atomic E-state index is 11.1. The van der Waals surface area contributed by atoms with Crippen molar-refractivity contribution in [2.75, 3.05) is 0 Å². The summed E-state index contributed by atoms with van der Waals surface area (Å²) in [5, 5.41) is 11.1. The van der Waals surface area contributed by atoms with E-state index < -0.39 is 0 Å². The maximum Gasteiger partial charge on any atom is 0.222 e. The van der Waals surface area contributed by atoms with Gasteiger partial charge in [0.1, 0.15) is 0 Å². The Kier molecular flexibility index (Phi) is 7.81. The molecule has 1 N–H and O–H groups in total. The summed E-state index contributed by atoms with van der Waals surface area (Å²) in [6.07, 6.45) is 3.62. The van der Waals surface area contributed by atoms with E-state index in [1.165, 1.54) is 11.1 Å². The molecule has 8 aromatic rings. The number of pyridine rings is 2. The standard InChI is InChI=1S/C45H36N4O/c1-45(2,3)36-28-39(44(50)47-29-36)43-48-42-38(18-11-19-41(42)49(43)37-16-8-5-9-17-37)34-14-10-15-35(26-34)40-27-33(24-25-46-40)32-22-20-31(21-23-32)30-12-6-4-7-13-30/h4-29H,1-3H3,(H,47,50). The van der Waals surface area contributed by atoms with Crippen LogP contribution in [-0.4, -0.2) is 24.6 Å². The van der Waals surface area contributed by atoms with E-state index in [0.29, 0.717) is 11.4 Å². The second-order valence-corrected chi connectivity index (χ2v) is 13.6. The molecular weight excluding hydrogens is 613 g/mol. The lowest BCUT2D eigenvalue weighted by Crippen LogP contribution is -2.12. The largest absolute Gasteiger partial charge is 0.493 e. The summed E-state index contributed by atoms with van der Waals surface area (Å²) in [7, 11) is 0. The molecule has 3 heterocycles. The molecule has 5 aromatic carbocycles. The van der Waals surface area contributed by atoms with Crippen LogP contribution in [0.2, 0.25) is 0 Å². The van der Waals surface area contributed by atoms with E-state index in [0.717, 1.165) is 55.8 Å². The number of aromatic hydroxyl groups is 1. The Balaban J connectivity index is 1.22. The first-order chi connectivity index (χ1) is 24.3. The van der Waals surface area contributed by atoms with Gasteiger partial charge in [0.2, 0.25) is 5.88 Å². The molecule has 0 saturated heterocycles. The predicted octanol–water partition coefficient (Wildman–Crippen LogP) is 11.2. The fourth-order valence-corrected chi connectivity index (χ4v) is 6.48. The van der Waals surface area contributed by atoms with Gasteiger partial charge in [0.05, 0.1) is 22.3 Å². The normalized spacial score (nSPS) is 11.6. The molecule has 242 valence electrons. The Bertz CT molecular complexity index is 2460. The van der Waals surface area contributed by atoms with Crippen molar-refractivity contribution in [1.82, 2.24) is 19.5 Å². The average Bonchev–Trinajstić information content (AvgIpc) is 3.55. The van der Waals surface area contributed by atoms with Crippen molar-refractivity contribution < 1.29 is 5.11 Å². The molecule has 0 aliphatic carbocycles. The van der Waals surface area contributed by atoms with E-state index >= 15 is 0 Å². The Morgan fingerprint density at radius 2 is 1.18 bits per heavy atom. The molecule has 0 atom stereocenters. The molecule has 5 nitrogen and oxygen atoms in total. The summed E-state index contributed by atoms with van der Waals surface area (Å²) < 4.78 is 2.11. The number of rotatable bonds is 6. The number of imidazole rings is 1. The highest BCUT2D eigenvalue weighted by atomic mass is 16.3. The third kappa shape index (κ3) is 5.84. The first-order valence-electron chi connectivity index (χ1n) is 16.8. The number of aromatic nitrogens is 4. The van der Waals surface area contributed by atoms with Gasteiger partial charge in [0.15, 0.2) is 5.82 Å². The average molecular weight is 649 g/mol. The summed E-state index contributed by atoms with van der Waals surface area (Å²) in [4.78, 5) is 14.4. The summed E-state index contributed by atoms with van der Waals surface area (Å²) in [5.74, 6) is 0.591. The topological polar surface area (TPSA) is 63.8 Å². The lowest BCUT2D eigenvalue weighted by Gasteiger charge is -2.19. The minimum atomic E-state index is -0.151. The summed E-state index contributed by atoms with van der Waals surface area (Å²) in [6.45, 7) is 6.42. The Hall–Kier alpha value is -6.33. The maximum atomic E-state index is 11.1. The molecule has 0 saturated carbocycles. The van der Waals surface area contributed by atoms with Crippen LogP contribution in [0.1, 0.15) is 26.3 Å². The lowest BCUT2D eigenvalue weighted by molar-refractivity contribution is 0.453. The molecular formula is C45H36N4O. The second-order valence-electron chi connectivity index (χ2n) is 13.6. The SMILES string of the molecule is CC(C)(C)c1cnc(O)c(-c2nc3c(-c4cccc(-c5cc(-c6ccc(-c7ccccc7)cc6)ccn5)c4)cccc3n2-c2ccccc2)c1. The highest BCUT2D eigenvalue weighted by molar-refractivity contribution is 5.96. The number of para-hydroxylation sites is 2. The van der Waals surface area contributed by atoms with Gasteiger partial charge in [-0.2, -0.15) is 0 Å². The third-order valence-corrected chi connectivity index (χ3v) is 9.23. The first-order valence-corrected chi connectivity index (χ1v) is 16.8. The van der Waals surface area contributed by atoms with Gasteiger partial charge in [0, 0.05) is 29.2 Å². The molecule has 0 amide bonds. The Morgan fingerprint density at radius 1 is 0.540 bits per heavy atom. The zero-order chi connectivity index (χ0) is 34.2. The highest BCUT2D eigenvalue weighted by Gasteiger charge is 2.23. The molecule has 3 aromatic heterocycles. The van der Waals surface area contributed by atoms with Gasteiger partial charge in [-0.15, -0.1) is 0 Å². The van der Waals surface area contributed by atoms with E-state index in [-0.39, 0.29) is 11.3 Å². The van der Waals surface area contributed by atoms with Crippen molar-refractivity contribution in [2.24, 2.45) is 0 Å². The quantitative estimate of drug-likeness (QED) is 0.195. The van der Waals surface area contributed by atoms with E-state index in [1.54, 1.807) is 6.20 Å². The highest BCUT2D eigenvalue weighted by Crippen LogP contribution is 2.39. The van der Waals surface area contributed by atoms with Crippen molar-refractivity contribution in [3.05, 3.63) is 164 Å². The molecule has 50 heavy (non-hydrogen) atoms. The van der Waals surface area contributed by atoms with Crippen LogP contribution in [0.3, 0.4) is 0 Å². The van der Waals surface area contributed by atoms with Crippen LogP contribution in [0.4, 0.5) is 0 Å². The van der Waals surface area contributed by atoms with Crippen LogP contribution >= 0.6 is 0 Å². The number of benzene rings is 5. The van der Waals surface area contributed by atoms with Crippen molar-refractivity contribution in [1.29, 1.82) is 0 Å². The van der Waals surface area contributed by atoms with Crippen LogP contribution < -0.4 is 0 Å². The van der Waals surface area contributed by atoms with Crippen molar-refractivity contribution >= 4 is 11.0 Å². The van der Waals surface area contributed by atoms with Crippen molar-refractivity contribution in [3.63, 3.8) is 0 Å². The van der Waals surface area contributed by atoms with Gasteiger partial charge < -0.3 is 5.11 Å². The van der Waals surface area contributed by atoms with Crippen molar-refractivity contribution in [2.45, 2.75) is 26.2 Å². The van der Waals surface area contributed by atoms with Gasteiger partial charge in [-0.25, -0.2) is 9.97 Å². The van der Waals surface area contributed by atoms with E-state index in [2.05, 4.69) is 146 Å². The van der Waals surface area contributed by atoms with Crippen LogP contribution in [0.15, 0.2) is 158 Å². The number of hydrogen-bond donors (Lipinski definition) is 1. The van der Waals surface area contributed by atoms with Crippen molar-refractivity contribution in [3.8, 4) is 67.6 Å². The third-order valence-electron chi connectivity index (χ3n) is 9.23. The zero-order valence-corrected chi connectivity index (χ0v) is 28.2. The second kappa shape index (κ2) is 12.6. The monoisotopic (exact) mass is 648 g/mol. The van der Waals surface area contributed by atoms with Crippen LogP contribution in [0.5, 0.6) is 5.88 Å². The van der Waals surface area contributed by atoms with Gasteiger partial charge in [-0.3, -0.25) is 9.55 Å². The molecule has 0 aliphatic rings. The van der Waals surface area contributed by atoms with Gasteiger partial charge in [-0.05, 0) is 81.3 Å². The number of hydrogen-bond acceptors (Lipinski definition) is 4. The summed E-state index contributed by atoms with van der Waals surface area (Å²) >= 11 is 0. The summed E-state index contributed by atoms with van der Waals surface area (Å²) in [6, 6.07) is 50.2. The minimum absolute atomic E-state index is 0.0466. The van der Waals surface area contributed by atoms with Crippen LogP contribution in [0.25, 0.3) is 72.7 Å². The van der Waals surface area contributed by atoms with Crippen LogP contribution in [-0.2, 0) is 5.41 Å². The van der Waals surface area contributed by atoms with E-state index in [4.69, 9.17) is 9.97 Å². The Morgan fingerprint density at radius 3 is 1.92 bits per heavy atom. The molecule has 0 aliphatic heterocycles. The minimum Gasteiger partial charge on any atom is -0.493 e. The van der Waals surface area contributed by atoms with Crippen LogP contribution in [0, 0.1) is 0 Å². The van der Waals surface area contributed by atoms with Gasteiger partial charge in [-0.1, -0.05) is 124 Å². The Labute approximate surface area is 292 Å². The first kappa shape index (κ1) is 31.0. The van der Waals surface area contributed by atoms with Gasteiger partial charge >= 0.3 is 0 Å². The molecule has 8 rings (SSSR count). The number of fused-ring (bicyclic) bond motifs is 1. The zero-order valence-electron chi connectivity index (χ0n) is 28.2. The molecule has 0 fully saturated rings.